The van der Waals surface area contributed by atoms with Gasteiger partial charge in [0.15, 0.2) is 0 Å². The van der Waals surface area contributed by atoms with Crippen LogP contribution in [-0.2, 0) is 4.79 Å². The summed E-state index contributed by atoms with van der Waals surface area (Å²) in [5.74, 6) is -0.300. The molecule has 0 fully saturated rings. The van der Waals surface area contributed by atoms with Crippen molar-refractivity contribution in [2.24, 2.45) is 5.73 Å². The predicted octanol–water partition coefficient (Wildman–Crippen LogP) is 1.82. The van der Waals surface area contributed by atoms with Crippen molar-refractivity contribution in [2.75, 3.05) is 12.5 Å². The number of rotatable bonds is 4. The van der Waals surface area contributed by atoms with E-state index < -0.39 is 0 Å². The molecule has 0 saturated carbocycles. The lowest BCUT2D eigenvalue weighted by atomic mass is 10.2. The molecule has 0 aromatic heterocycles. The Balaban J connectivity index is 4.62. The average Bonchev–Trinajstić information content (AvgIpc) is 1.99. The van der Waals surface area contributed by atoms with Gasteiger partial charge in [-0.1, -0.05) is 6.92 Å². The third-order valence-corrected chi connectivity index (χ3v) is 3.50. The summed E-state index contributed by atoms with van der Waals surface area (Å²) in [5.41, 5.74) is 5.92. The lowest BCUT2D eigenvalue weighted by Crippen LogP contribution is -2.14. The van der Waals surface area contributed by atoms with Crippen molar-refractivity contribution in [2.45, 2.75) is 13.3 Å². The zero-order valence-electron chi connectivity index (χ0n) is 7.01. The van der Waals surface area contributed by atoms with Gasteiger partial charge in [-0.2, -0.15) is 0 Å². The van der Waals surface area contributed by atoms with Gasteiger partial charge in [-0.3, -0.25) is 4.79 Å². The fourth-order valence-corrected chi connectivity index (χ4v) is 2.40. The van der Waals surface area contributed by atoms with E-state index in [4.69, 9.17) is 5.73 Å². The number of nitrogens with two attached hydrogens (primary N) is 1. The maximum atomic E-state index is 10.8. The molecule has 64 valence electrons. The zero-order valence-corrected chi connectivity index (χ0v) is 8.64. The second kappa shape index (κ2) is 5.55. The highest BCUT2D eigenvalue weighted by atomic mass is 32.2. The summed E-state index contributed by atoms with van der Waals surface area (Å²) in [5, 5.41) is 0. The van der Waals surface area contributed by atoms with Crippen LogP contribution in [0.25, 0.3) is 0 Å². The molecule has 0 aliphatic heterocycles. The largest absolute Gasteiger partial charge is 0.366 e. The molecule has 2 N–H and O–H groups in total. The average molecular weight is 191 g/mol. The Morgan fingerprint density at radius 2 is 1.82 bits per heavy atom. The number of carbonyl (C=O) groups is 1. The third-order valence-electron chi connectivity index (χ3n) is 1.27. The first-order chi connectivity index (χ1) is 5.17. The van der Waals surface area contributed by atoms with E-state index in [1.54, 1.807) is 23.5 Å². The van der Waals surface area contributed by atoms with Crippen LogP contribution in [0.15, 0.2) is 9.81 Å². The van der Waals surface area contributed by atoms with Crippen LogP contribution in [-0.4, -0.2) is 18.4 Å². The van der Waals surface area contributed by atoms with Crippen LogP contribution in [0.4, 0.5) is 0 Å². The second-order valence-electron chi connectivity index (χ2n) is 1.89. The molecule has 4 heteroatoms. The monoisotopic (exact) mass is 191 g/mol. The van der Waals surface area contributed by atoms with Crippen LogP contribution in [0.3, 0.4) is 0 Å². The van der Waals surface area contributed by atoms with E-state index in [1.807, 2.05) is 19.4 Å². The summed E-state index contributed by atoms with van der Waals surface area (Å²) in [6.07, 6.45) is 4.61. The second-order valence-corrected chi connectivity index (χ2v) is 3.78. The summed E-state index contributed by atoms with van der Waals surface area (Å²) >= 11 is 3.15. The smallest absolute Gasteiger partial charge is 0.246 e. The Morgan fingerprint density at radius 3 is 1.91 bits per heavy atom. The topological polar surface area (TPSA) is 43.1 Å². The van der Waals surface area contributed by atoms with Crippen LogP contribution < -0.4 is 5.73 Å². The predicted molar refractivity (Wildman–Crippen MR) is 53.5 cm³/mol. The molecular formula is C7H13NOS2. The van der Waals surface area contributed by atoms with E-state index in [2.05, 4.69) is 0 Å². The molecule has 0 heterocycles. The van der Waals surface area contributed by atoms with E-state index in [-0.39, 0.29) is 5.91 Å². The van der Waals surface area contributed by atoms with Crippen molar-refractivity contribution in [1.29, 1.82) is 0 Å². The number of hydrogen-bond donors (Lipinski definition) is 1. The molecular weight excluding hydrogens is 178 g/mol. The van der Waals surface area contributed by atoms with Crippen molar-refractivity contribution in [3.8, 4) is 0 Å². The SMILES string of the molecule is CCC(C(N)=O)=C(SC)SC. The van der Waals surface area contributed by atoms with Crippen LogP contribution in [0.5, 0.6) is 0 Å². The highest BCUT2D eigenvalue weighted by molar-refractivity contribution is 8.21. The molecule has 2 nitrogen and oxygen atoms in total. The van der Waals surface area contributed by atoms with E-state index in [9.17, 15) is 4.79 Å². The molecule has 0 aliphatic carbocycles. The first-order valence-corrected chi connectivity index (χ1v) is 5.73. The number of hydrogen-bond acceptors (Lipinski definition) is 3. The van der Waals surface area contributed by atoms with Crippen molar-refractivity contribution >= 4 is 29.4 Å². The molecule has 1 amide bonds. The number of carbonyl (C=O) groups excluding carboxylic acids is 1. The molecule has 11 heavy (non-hydrogen) atoms. The fraction of sp³-hybridized carbons (Fsp3) is 0.571. The zero-order chi connectivity index (χ0) is 8.85. The van der Waals surface area contributed by atoms with E-state index >= 15 is 0 Å². The van der Waals surface area contributed by atoms with Crippen LogP contribution >= 0.6 is 23.5 Å². The minimum Gasteiger partial charge on any atom is -0.366 e. The van der Waals surface area contributed by atoms with Gasteiger partial charge in [0.25, 0.3) is 0 Å². The number of primary amides is 1. The Labute approximate surface area is 76.0 Å². The van der Waals surface area contributed by atoms with Gasteiger partial charge in [-0.15, -0.1) is 23.5 Å². The molecule has 0 unspecified atom stereocenters. The Hall–Kier alpha value is -0.0900. The highest BCUT2D eigenvalue weighted by Crippen LogP contribution is 2.28. The van der Waals surface area contributed by atoms with Crippen molar-refractivity contribution in [1.82, 2.24) is 0 Å². The van der Waals surface area contributed by atoms with E-state index in [1.165, 1.54) is 0 Å². The Bertz CT molecular complexity index is 171. The molecule has 0 rings (SSSR count). The first kappa shape index (κ1) is 10.9. The van der Waals surface area contributed by atoms with Gasteiger partial charge < -0.3 is 5.73 Å². The summed E-state index contributed by atoms with van der Waals surface area (Å²) in [6, 6.07) is 0. The first-order valence-electron chi connectivity index (χ1n) is 3.28. The highest BCUT2D eigenvalue weighted by Gasteiger charge is 2.08. The van der Waals surface area contributed by atoms with Gasteiger partial charge in [0.05, 0.1) is 0 Å². The summed E-state index contributed by atoms with van der Waals surface area (Å²) in [6.45, 7) is 1.94. The normalized spacial score (nSPS) is 9.36. The lowest BCUT2D eigenvalue weighted by molar-refractivity contribution is -0.114. The quantitative estimate of drug-likeness (QED) is 0.689. The van der Waals surface area contributed by atoms with Gasteiger partial charge in [-0.25, -0.2) is 0 Å². The number of amides is 1. The maximum Gasteiger partial charge on any atom is 0.246 e. The van der Waals surface area contributed by atoms with Crippen LogP contribution in [0.2, 0.25) is 0 Å². The van der Waals surface area contributed by atoms with Crippen molar-refractivity contribution < 1.29 is 4.79 Å². The third kappa shape index (κ3) is 3.20. The fourth-order valence-electron chi connectivity index (χ4n) is 0.749. The minimum absolute atomic E-state index is 0.300. The minimum atomic E-state index is -0.300. The van der Waals surface area contributed by atoms with Gasteiger partial charge in [0.1, 0.15) is 0 Å². The van der Waals surface area contributed by atoms with Gasteiger partial charge in [0.2, 0.25) is 5.91 Å². The molecule has 0 aromatic carbocycles. The van der Waals surface area contributed by atoms with Crippen molar-refractivity contribution in [3.63, 3.8) is 0 Å². The molecule has 0 spiro atoms. The maximum absolute atomic E-state index is 10.8. The summed E-state index contributed by atoms with van der Waals surface area (Å²) in [4.78, 5) is 10.8. The molecule has 0 radical (unpaired) electrons. The van der Waals surface area contributed by atoms with Gasteiger partial charge in [0, 0.05) is 9.81 Å². The summed E-state index contributed by atoms with van der Waals surface area (Å²) in [7, 11) is 0. The molecule has 0 aromatic rings. The lowest BCUT2D eigenvalue weighted by Gasteiger charge is -2.04. The van der Waals surface area contributed by atoms with Gasteiger partial charge in [-0.05, 0) is 18.9 Å². The molecule has 0 bridgehead atoms. The standard InChI is InChI=1S/C7H13NOS2/c1-4-5(6(8)9)7(10-2)11-3/h4H2,1-3H3,(H2,8,9). The Morgan fingerprint density at radius 1 is 1.36 bits per heavy atom. The van der Waals surface area contributed by atoms with Crippen LogP contribution in [0, 0.1) is 0 Å². The van der Waals surface area contributed by atoms with Crippen molar-refractivity contribution in [3.05, 3.63) is 9.81 Å². The molecule has 0 atom stereocenters. The Kier molecular flexibility index (Phi) is 5.50. The summed E-state index contributed by atoms with van der Waals surface area (Å²) < 4.78 is 1.03. The molecule has 0 saturated heterocycles. The molecule has 0 aliphatic rings. The van der Waals surface area contributed by atoms with Crippen LogP contribution in [0.1, 0.15) is 13.3 Å². The van der Waals surface area contributed by atoms with Gasteiger partial charge >= 0.3 is 0 Å². The van der Waals surface area contributed by atoms with E-state index in [0.29, 0.717) is 6.42 Å². The van der Waals surface area contributed by atoms with E-state index in [0.717, 1.165) is 9.81 Å². The number of thioether (sulfide) groups is 2.